The van der Waals surface area contributed by atoms with Crippen LogP contribution >= 0.6 is 12.4 Å². The van der Waals surface area contributed by atoms with E-state index in [0.29, 0.717) is 13.1 Å². The molecule has 0 saturated heterocycles. The standard InChI is InChI=1S/C9H21N3O2S.ClH/c1-3-7-12(2)15(13,14)11-8-9(10)5-4-6-9;/h11H,3-8,10H2,1-2H3;1H. The highest BCUT2D eigenvalue weighted by molar-refractivity contribution is 7.87. The summed E-state index contributed by atoms with van der Waals surface area (Å²) in [6.45, 7) is 2.83. The van der Waals surface area contributed by atoms with Crippen molar-refractivity contribution >= 4 is 22.6 Å². The molecule has 0 heterocycles. The van der Waals surface area contributed by atoms with Gasteiger partial charge in [-0.05, 0) is 25.7 Å². The van der Waals surface area contributed by atoms with Gasteiger partial charge in [-0.2, -0.15) is 12.7 Å². The molecule has 0 bridgehead atoms. The quantitative estimate of drug-likeness (QED) is 0.737. The first-order chi connectivity index (χ1) is 6.90. The zero-order valence-electron chi connectivity index (χ0n) is 9.90. The van der Waals surface area contributed by atoms with Gasteiger partial charge in [-0.1, -0.05) is 6.92 Å². The molecule has 0 aromatic rings. The summed E-state index contributed by atoms with van der Waals surface area (Å²) >= 11 is 0. The third-order valence-electron chi connectivity index (χ3n) is 2.90. The number of halogens is 1. The molecule has 16 heavy (non-hydrogen) atoms. The molecule has 0 aromatic heterocycles. The molecule has 0 amide bonds. The summed E-state index contributed by atoms with van der Waals surface area (Å²) in [5, 5.41) is 0. The molecule has 0 unspecified atom stereocenters. The maximum Gasteiger partial charge on any atom is 0.279 e. The number of nitrogens with zero attached hydrogens (tertiary/aromatic N) is 1. The molecule has 7 heteroatoms. The molecule has 0 aromatic carbocycles. The minimum Gasteiger partial charge on any atom is -0.324 e. The average Bonchev–Trinajstić information content (AvgIpc) is 2.12. The highest BCUT2D eigenvalue weighted by Gasteiger charge is 2.33. The monoisotopic (exact) mass is 271 g/mol. The van der Waals surface area contributed by atoms with E-state index in [-0.39, 0.29) is 17.9 Å². The number of rotatable bonds is 6. The highest BCUT2D eigenvalue weighted by atomic mass is 35.5. The van der Waals surface area contributed by atoms with Gasteiger partial charge in [0.05, 0.1) is 0 Å². The summed E-state index contributed by atoms with van der Waals surface area (Å²) in [5.41, 5.74) is 5.63. The molecule has 1 aliphatic rings. The molecule has 0 radical (unpaired) electrons. The Morgan fingerprint density at radius 3 is 2.38 bits per heavy atom. The Morgan fingerprint density at radius 2 is 2.00 bits per heavy atom. The second-order valence-electron chi connectivity index (χ2n) is 4.36. The smallest absolute Gasteiger partial charge is 0.279 e. The maximum absolute atomic E-state index is 11.7. The summed E-state index contributed by atoms with van der Waals surface area (Å²) in [6.07, 6.45) is 3.73. The predicted molar refractivity (Wildman–Crippen MR) is 67.9 cm³/mol. The van der Waals surface area contributed by atoms with Crippen LogP contribution < -0.4 is 10.5 Å². The third-order valence-corrected chi connectivity index (χ3v) is 4.42. The van der Waals surface area contributed by atoms with Crippen LogP contribution in [0.25, 0.3) is 0 Å². The molecular formula is C9H22ClN3O2S. The molecule has 98 valence electrons. The van der Waals surface area contributed by atoms with E-state index in [1.807, 2.05) is 6.92 Å². The van der Waals surface area contributed by atoms with Crippen LogP contribution in [0.3, 0.4) is 0 Å². The first kappa shape index (κ1) is 16.1. The van der Waals surface area contributed by atoms with Crippen molar-refractivity contribution in [1.29, 1.82) is 0 Å². The van der Waals surface area contributed by atoms with Gasteiger partial charge in [0.1, 0.15) is 0 Å². The van der Waals surface area contributed by atoms with Crippen LogP contribution in [0.2, 0.25) is 0 Å². The summed E-state index contributed by atoms with van der Waals surface area (Å²) in [6, 6.07) is 0. The normalized spacial score (nSPS) is 19.0. The van der Waals surface area contributed by atoms with Crippen molar-refractivity contribution in [3.63, 3.8) is 0 Å². The lowest BCUT2D eigenvalue weighted by Gasteiger charge is -2.38. The molecule has 1 saturated carbocycles. The average molecular weight is 272 g/mol. The van der Waals surface area contributed by atoms with Crippen LogP contribution in [0.1, 0.15) is 32.6 Å². The van der Waals surface area contributed by atoms with E-state index in [4.69, 9.17) is 5.73 Å². The molecule has 0 aliphatic heterocycles. The van der Waals surface area contributed by atoms with Crippen LogP contribution in [-0.2, 0) is 10.2 Å². The summed E-state index contributed by atoms with van der Waals surface area (Å²) in [4.78, 5) is 0. The molecule has 3 N–H and O–H groups in total. The Hall–Kier alpha value is 0.120. The Morgan fingerprint density at radius 1 is 1.44 bits per heavy atom. The second kappa shape index (κ2) is 6.16. The number of hydrogen-bond acceptors (Lipinski definition) is 3. The lowest BCUT2D eigenvalue weighted by molar-refractivity contribution is 0.249. The topological polar surface area (TPSA) is 75.4 Å². The fraction of sp³-hybridized carbons (Fsp3) is 1.00. The molecule has 1 fully saturated rings. The van der Waals surface area contributed by atoms with E-state index in [2.05, 4.69) is 4.72 Å². The number of nitrogens with two attached hydrogens (primary N) is 1. The van der Waals surface area contributed by atoms with E-state index < -0.39 is 10.2 Å². The van der Waals surface area contributed by atoms with Crippen molar-refractivity contribution in [3.8, 4) is 0 Å². The predicted octanol–water partition coefficient (Wildman–Crippen LogP) is 0.466. The third kappa shape index (κ3) is 4.18. The minimum absolute atomic E-state index is 0. The van der Waals surface area contributed by atoms with Crippen molar-refractivity contribution in [2.75, 3.05) is 20.1 Å². The van der Waals surface area contributed by atoms with Crippen LogP contribution in [0.4, 0.5) is 0 Å². The first-order valence-electron chi connectivity index (χ1n) is 5.39. The SMILES string of the molecule is CCCN(C)S(=O)(=O)NCC1(N)CCC1.Cl. The zero-order chi connectivity index (χ0) is 11.5. The van der Waals surface area contributed by atoms with E-state index >= 15 is 0 Å². The van der Waals surface area contributed by atoms with E-state index in [1.54, 1.807) is 7.05 Å². The summed E-state index contributed by atoms with van der Waals surface area (Å²) < 4.78 is 27.2. The Kier molecular flexibility index (Phi) is 6.21. The molecule has 1 aliphatic carbocycles. The minimum atomic E-state index is -3.33. The molecule has 0 spiro atoms. The van der Waals surface area contributed by atoms with Gasteiger partial charge < -0.3 is 5.73 Å². The van der Waals surface area contributed by atoms with Gasteiger partial charge >= 0.3 is 0 Å². The van der Waals surface area contributed by atoms with Crippen LogP contribution in [-0.4, -0.2) is 38.4 Å². The number of nitrogens with one attached hydrogen (secondary N) is 1. The van der Waals surface area contributed by atoms with Gasteiger partial charge in [-0.25, -0.2) is 4.72 Å². The fourth-order valence-corrected chi connectivity index (χ4v) is 2.70. The summed E-state index contributed by atoms with van der Waals surface area (Å²) in [7, 11) is -1.75. The largest absolute Gasteiger partial charge is 0.324 e. The van der Waals surface area contributed by atoms with Crippen LogP contribution in [0, 0.1) is 0 Å². The van der Waals surface area contributed by atoms with Crippen molar-refractivity contribution in [3.05, 3.63) is 0 Å². The van der Waals surface area contributed by atoms with Gasteiger partial charge in [0, 0.05) is 25.7 Å². The highest BCUT2D eigenvalue weighted by Crippen LogP contribution is 2.28. The van der Waals surface area contributed by atoms with Gasteiger partial charge in [0.15, 0.2) is 0 Å². The lowest BCUT2D eigenvalue weighted by atomic mass is 9.78. The number of hydrogen-bond donors (Lipinski definition) is 2. The van der Waals surface area contributed by atoms with E-state index in [9.17, 15) is 8.42 Å². The first-order valence-corrected chi connectivity index (χ1v) is 6.83. The van der Waals surface area contributed by atoms with Crippen molar-refractivity contribution < 1.29 is 8.42 Å². The van der Waals surface area contributed by atoms with E-state index in [0.717, 1.165) is 25.7 Å². The van der Waals surface area contributed by atoms with Gasteiger partial charge in [-0.3, -0.25) is 0 Å². The Bertz CT molecular complexity index is 304. The van der Waals surface area contributed by atoms with Crippen molar-refractivity contribution in [1.82, 2.24) is 9.03 Å². The Balaban J connectivity index is 0.00000225. The van der Waals surface area contributed by atoms with Gasteiger partial charge in [0.2, 0.25) is 0 Å². The maximum atomic E-state index is 11.7. The zero-order valence-corrected chi connectivity index (χ0v) is 11.5. The van der Waals surface area contributed by atoms with Crippen molar-refractivity contribution in [2.24, 2.45) is 5.73 Å². The molecule has 5 nitrogen and oxygen atoms in total. The van der Waals surface area contributed by atoms with E-state index in [1.165, 1.54) is 4.31 Å². The van der Waals surface area contributed by atoms with Crippen LogP contribution in [0.15, 0.2) is 0 Å². The lowest BCUT2D eigenvalue weighted by Crippen LogP contribution is -2.56. The van der Waals surface area contributed by atoms with Crippen LogP contribution in [0.5, 0.6) is 0 Å². The molecule has 1 rings (SSSR count). The van der Waals surface area contributed by atoms with Crippen molar-refractivity contribution in [2.45, 2.75) is 38.1 Å². The van der Waals surface area contributed by atoms with Gasteiger partial charge in [0.25, 0.3) is 10.2 Å². The molecule has 0 atom stereocenters. The summed E-state index contributed by atoms with van der Waals surface area (Å²) in [5.74, 6) is 0. The second-order valence-corrected chi connectivity index (χ2v) is 6.23. The van der Waals surface area contributed by atoms with Gasteiger partial charge in [-0.15, -0.1) is 12.4 Å². The fourth-order valence-electron chi connectivity index (χ4n) is 1.59. The Labute approximate surface area is 104 Å². The molecular weight excluding hydrogens is 250 g/mol.